The van der Waals surface area contributed by atoms with Crippen LogP contribution >= 0.6 is 23.4 Å². The average Bonchev–Trinajstić information content (AvgIpc) is 2.37. The number of nitrogens with two attached hydrogens (primary N) is 1. The van der Waals surface area contributed by atoms with E-state index in [1.807, 2.05) is 17.0 Å². The smallest absolute Gasteiger partial charge is 0.169 e. The van der Waals surface area contributed by atoms with Crippen molar-refractivity contribution in [1.29, 1.82) is 0 Å². The third-order valence-electron chi connectivity index (χ3n) is 3.14. The van der Waals surface area contributed by atoms with E-state index in [1.54, 1.807) is 17.8 Å². The molecule has 0 spiro atoms. The van der Waals surface area contributed by atoms with Crippen molar-refractivity contribution < 1.29 is 8.42 Å². The molecule has 1 aliphatic heterocycles. The van der Waals surface area contributed by atoms with Crippen LogP contribution in [0.2, 0.25) is 5.02 Å². The predicted molar refractivity (Wildman–Crippen MR) is 82.6 cm³/mol. The standard InChI is InChI=1S/C12H17ClN2O2S2/c1-19(16,17)12-8-18-5-4-15(12)11-3-2-9(7-14)6-10(11)13/h2-3,6,12H,4-5,7-8,14H2,1H3. The van der Waals surface area contributed by atoms with Crippen LogP contribution in [0, 0.1) is 0 Å². The topological polar surface area (TPSA) is 63.4 Å². The Bertz CT molecular complexity index is 563. The first kappa shape index (κ1) is 15.0. The molecule has 2 N–H and O–H groups in total. The van der Waals surface area contributed by atoms with E-state index in [1.165, 1.54) is 6.26 Å². The fourth-order valence-corrected chi connectivity index (χ4v) is 5.27. The number of rotatable bonds is 3. The van der Waals surface area contributed by atoms with Gasteiger partial charge < -0.3 is 10.6 Å². The Hall–Kier alpha value is -0.430. The van der Waals surface area contributed by atoms with Gasteiger partial charge in [-0.15, -0.1) is 0 Å². The van der Waals surface area contributed by atoms with Crippen LogP contribution in [0.1, 0.15) is 5.56 Å². The summed E-state index contributed by atoms with van der Waals surface area (Å²) in [5.74, 6) is 1.48. The summed E-state index contributed by atoms with van der Waals surface area (Å²) in [6.07, 6.45) is 1.28. The van der Waals surface area contributed by atoms with Gasteiger partial charge in [-0.2, -0.15) is 11.8 Å². The number of anilines is 1. The van der Waals surface area contributed by atoms with Crippen LogP contribution in [0.25, 0.3) is 0 Å². The maximum atomic E-state index is 11.9. The molecule has 0 radical (unpaired) electrons. The Morgan fingerprint density at radius 2 is 2.26 bits per heavy atom. The lowest BCUT2D eigenvalue weighted by Crippen LogP contribution is -2.47. The zero-order valence-electron chi connectivity index (χ0n) is 10.7. The second kappa shape index (κ2) is 5.91. The van der Waals surface area contributed by atoms with Crippen molar-refractivity contribution in [3.63, 3.8) is 0 Å². The van der Waals surface area contributed by atoms with E-state index in [0.717, 1.165) is 17.0 Å². The SMILES string of the molecule is CS(=O)(=O)C1CSCCN1c1ccc(CN)cc1Cl. The maximum Gasteiger partial charge on any atom is 0.169 e. The zero-order valence-corrected chi connectivity index (χ0v) is 13.1. The van der Waals surface area contributed by atoms with Crippen LogP contribution < -0.4 is 10.6 Å². The molecular formula is C12H17ClN2O2S2. The summed E-state index contributed by atoms with van der Waals surface area (Å²) in [6.45, 7) is 1.11. The molecule has 19 heavy (non-hydrogen) atoms. The van der Waals surface area contributed by atoms with Crippen molar-refractivity contribution in [3.8, 4) is 0 Å². The molecule has 0 amide bonds. The van der Waals surface area contributed by atoms with Crippen molar-refractivity contribution in [2.45, 2.75) is 11.9 Å². The van der Waals surface area contributed by atoms with Gasteiger partial charge in [0.15, 0.2) is 9.84 Å². The first-order valence-electron chi connectivity index (χ1n) is 5.95. The van der Waals surface area contributed by atoms with E-state index >= 15 is 0 Å². The minimum absolute atomic E-state index is 0.422. The first-order valence-corrected chi connectivity index (χ1v) is 9.44. The number of halogens is 1. The van der Waals surface area contributed by atoms with Crippen LogP contribution in [0.4, 0.5) is 5.69 Å². The second-order valence-electron chi connectivity index (χ2n) is 4.54. The normalized spacial score (nSPS) is 20.6. The highest BCUT2D eigenvalue weighted by molar-refractivity contribution is 8.01. The molecule has 1 heterocycles. The van der Waals surface area contributed by atoms with Gasteiger partial charge in [-0.1, -0.05) is 17.7 Å². The van der Waals surface area contributed by atoms with Gasteiger partial charge in [0.2, 0.25) is 0 Å². The van der Waals surface area contributed by atoms with Crippen LogP contribution in [0.15, 0.2) is 18.2 Å². The molecule has 106 valence electrons. The van der Waals surface area contributed by atoms with Crippen molar-refractivity contribution in [2.24, 2.45) is 5.73 Å². The van der Waals surface area contributed by atoms with Crippen LogP contribution in [-0.4, -0.2) is 38.1 Å². The zero-order chi connectivity index (χ0) is 14.0. The summed E-state index contributed by atoms with van der Waals surface area (Å²) in [7, 11) is -3.13. The molecule has 1 aromatic carbocycles. The van der Waals surface area contributed by atoms with Gasteiger partial charge in [0.05, 0.1) is 10.7 Å². The number of nitrogens with zero attached hydrogens (tertiary/aromatic N) is 1. The monoisotopic (exact) mass is 320 g/mol. The third-order valence-corrected chi connectivity index (χ3v) is 6.08. The van der Waals surface area contributed by atoms with Crippen LogP contribution in [-0.2, 0) is 16.4 Å². The number of thioether (sulfide) groups is 1. The van der Waals surface area contributed by atoms with Crippen LogP contribution in [0.3, 0.4) is 0 Å². The highest BCUT2D eigenvalue weighted by atomic mass is 35.5. The minimum Gasteiger partial charge on any atom is -0.352 e. The largest absolute Gasteiger partial charge is 0.352 e. The number of sulfone groups is 1. The first-order chi connectivity index (χ1) is 8.93. The lowest BCUT2D eigenvalue weighted by molar-refractivity contribution is 0.584. The van der Waals surface area contributed by atoms with E-state index in [0.29, 0.717) is 23.9 Å². The van der Waals surface area contributed by atoms with E-state index in [2.05, 4.69) is 0 Å². The Morgan fingerprint density at radius 3 is 2.84 bits per heavy atom. The fraction of sp³-hybridized carbons (Fsp3) is 0.500. The quantitative estimate of drug-likeness (QED) is 0.919. The van der Waals surface area contributed by atoms with Gasteiger partial charge in [-0.05, 0) is 17.7 Å². The summed E-state index contributed by atoms with van der Waals surface area (Å²) in [6, 6.07) is 5.55. The Morgan fingerprint density at radius 1 is 1.53 bits per heavy atom. The molecule has 2 rings (SSSR count). The van der Waals surface area contributed by atoms with Crippen molar-refractivity contribution in [2.75, 3.05) is 29.2 Å². The molecule has 4 nitrogen and oxygen atoms in total. The maximum absolute atomic E-state index is 11.9. The van der Waals surface area contributed by atoms with Gasteiger partial charge >= 0.3 is 0 Å². The molecule has 1 aromatic rings. The minimum atomic E-state index is -3.13. The predicted octanol–water partition coefficient (Wildman–Crippen LogP) is 1.72. The molecule has 1 saturated heterocycles. The summed E-state index contributed by atoms with van der Waals surface area (Å²) < 4.78 is 23.8. The van der Waals surface area contributed by atoms with Gasteiger partial charge in [0, 0.05) is 30.9 Å². The molecule has 1 fully saturated rings. The molecule has 1 unspecified atom stereocenters. The fourth-order valence-electron chi connectivity index (χ4n) is 2.12. The third kappa shape index (κ3) is 3.37. The van der Waals surface area contributed by atoms with E-state index in [4.69, 9.17) is 17.3 Å². The molecule has 0 aromatic heterocycles. The van der Waals surface area contributed by atoms with Crippen molar-refractivity contribution in [1.82, 2.24) is 0 Å². The van der Waals surface area contributed by atoms with Crippen molar-refractivity contribution in [3.05, 3.63) is 28.8 Å². The summed E-state index contributed by atoms with van der Waals surface area (Å²) in [4.78, 5) is 1.88. The Labute approximate surface area is 123 Å². The lowest BCUT2D eigenvalue weighted by atomic mass is 10.2. The number of hydrogen-bond acceptors (Lipinski definition) is 5. The van der Waals surface area contributed by atoms with Crippen molar-refractivity contribution >= 4 is 38.9 Å². The van der Waals surface area contributed by atoms with Crippen LogP contribution in [0.5, 0.6) is 0 Å². The van der Waals surface area contributed by atoms with E-state index < -0.39 is 15.2 Å². The second-order valence-corrected chi connectivity index (χ2v) is 8.30. The molecule has 0 aliphatic carbocycles. The molecule has 1 aliphatic rings. The van der Waals surface area contributed by atoms with Gasteiger partial charge in [-0.3, -0.25) is 0 Å². The highest BCUT2D eigenvalue weighted by Gasteiger charge is 2.32. The Kier molecular flexibility index (Phi) is 4.66. The summed E-state index contributed by atoms with van der Waals surface area (Å²) in [5, 5.41) is 0.0518. The van der Waals surface area contributed by atoms with Gasteiger partial charge in [0.1, 0.15) is 5.37 Å². The lowest BCUT2D eigenvalue weighted by Gasteiger charge is -2.36. The highest BCUT2D eigenvalue weighted by Crippen LogP contribution is 2.32. The molecule has 0 saturated carbocycles. The molecule has 1 atom stereocenters. The summed E-state index contributed by atoms with van der Waals surface area (Å²) in [5.41, 5.74) is 7.29. The molecule has 0 bridgehead atoms. The summed E-state index contributed by atoms with van der Waals surface area (Å²) >= 11 is 7.92. The Balaban J connectivity index is 2.38. The number of benzene rings is 1. The van der Waals surface area contributed by atoms with E-state index in [9.17, 15) is 8.42 Å². The van der Waals surface area contributed by atoms with Gasteiger partial charge in [0.25, 0.3) is 0 Å². The molecular weight excluding hydrogens is 304 g/mol. The average molecular weight is 321 g/mol. The molecule has 7 heteroatoms. The number of hydrogen-bond donors (Lipinski definition) is 1. The van der Waals surface area contributed by atoms with E-state index in [-0.39, 0.29) is 0 Å². The van der Waals surface area contributed by atoms with Gasteiger partial charge in [-0.25, -0.2) is 8.42 Å².